The number of anilines is 1. The maximum atomic E-state index is 6.07. The van der Waals surface area contributed by atoms with Crippen LogP contribution in [0.4, 0.5) is 5.82 Å². The van der Waals surface area contributed by atoms with Crippen molar-refractivity contribution >= 4 is 29.0 Å². The van der Waals surface area contributed by atoms with Gasteiger partial charge in [-0.15, -0.1) is 0 Å². The Bertz CT molecular complexity index is 409. The van der Waals surface area contributed by atoms with Crippen LogP contribution in [-0.4, -0.2) is 30.8 Å². The molecule has 1 aliphatic rings. The lowest BCUT2D eigenvalue weighted by molar-refractivity contribution is 0.138. The topological polar surface area (TPSA) is 43.4 Å². The van der Waals surface area contributed by atoms with Gasteiger partial charge in [-0.2, -0.15) is 4.98 Å². The monoisotopic (exact) mass is 290 g/mol. The highest BCUT2D eigenvalue weighted by atomic mass is 35.5. The molecule has 1 unspecified atom stereocenters. The van der Waals surface area contributed by atoms with E-state index >= 15 is 0 Å². The normalized spacial score (nSPS) is 18.9. The molecule has 18 heavy (non-hydrogen) atoms. The SMILES string of the molecule is CCCNc1nc(OC2CCOC2)c(Cl)cc1Cl. The summed E-state index contributed by atoms with van der Waals surface area (Å²) < 4.78 is 11.0. The molecule has 0 aliphatic carbocycles. The third kappa shape index (κ3) is 3.40. The third-order valence-electron chi connectivity index (χ3n) is 2.61. The van der Waals surface area contributed by atoms with Gasteiger partial charge < -0.3 is 14.8 Å². The van der Waals surface area contributed by atoms with Gasteiger partial charge in [0.1, 0.15) is 16.9 Å². The Morgan fingerprint density at radius 2 is 2.33 bits per heavy atom. The highest BCUT2D eigenvalue weighted by molar-refractivity contribution is 6.36. The third-order valence-corrected chi connectivity index (χ3v) is 3.16. The summed E-state index contributed by atoms with van der Waals surface area (Å²) in [5.41, 5.74) is 0. The zero-order chi connectivity index (χ0) is 13.0. The van der Waals surface area contributed by atoms with Gasteiger partial charge in [-0.3, -0.25) is 0 Å². The van der Waals surface area contributed by atoms with Crippen LogP contribution in [0, 0.1) is 0 Å². The van der Waals surface area contributed by atoms with Crippen molar-refractivity contribution in [3.8, 4) is 5.88 Å². The molecule has 2 rings (SSSR count). The van der Waals surface area contributed by atoms with E-state index in [-0.39, 0.29) is 6.10 Å². The van der Waals surface area contributed by atoms with Gasteiger partial charge in [0.15, 0.2) is 0 Å². The Hall–Kier alpha value is -0.710. The molecule has 0 saturated carbocycles. The molecule has 0 spiro atoms. The van der Waals surface area contributed by atoms with Crippen LogP contribution in [0.2, 0.25) is 10.0 Å². The Morgan fingerprint density at radius 3 is 3.00 bits per heavy atom. The minimum atomic E-state index is 0.0233. The van der Waals surface area contributed by atoms with Gasteiger partial charge in [-0.25, -0.2) is 0 Å². The highest BCUT2D eigenvalue weighted by Crippen LogP contribution is 2.31. The second-order valence-electron chi connectivity index (χ2n) is 4.14. The fraction of sp³-hybridized carbons (Fsp3) is 0.583. The first-order chi connectivity index (χ1) is 8.70. The van der Waals surface area contributed by atoms with E-state index in [1.54, 1.807) is 6.07 Å². The molecule has 1 atom stereocenters. The molecular formula is C12H16Cl2N2O2. The molecule has 1 aliphatic heterocycles. The van der Waals surface area contributed by atoms with E-state index in [0.29, 0.717) is 28.3 Å². The molecule has 6 heteroatoms. The number of halogens is 2. The first kappa shape index (κ1) is 13.7. The van der Waals surface area contributed by atoms with Crippen LogP contribution >= 0.6 is 23.2 Å². The van der Waals surface area contributed by atoms with Crippen LogP contribution in [0.1, 0.15) is 19.8 Å². The van der Waals surface area contributed by atoms with Gasteiger partial charge >= 0.3 is 0 Å². The van der Waals surface area contributed by atoms with Crippen molar-refractivity contribution in [2.45, 2.75) is 25.9 Å². The molecular weight excluding hydrogens is 275 g/mol. The van der Waals surface area contributed by atoms with Gasteiger partial charge in [-0.1, -0.05) is 30.1 Å². The summed E-state index contributed by atoms with van der Waals surface area (Å²) in [6.45, 7) is 4.18. The van der Waals surface area contributed by atoms with Gasteiger partial charge in [0, 0.05) is 13.0 Å². The van der Waals surface area contributed by atoms with Crippen molar-refractivity contribution in [1.29, 1.82) is 0 Å². The molecule has 100 valence electrons. The van der Waals surface area contributed by atoms with Crippen LogP contribution < -0.4 is 10.1 Å². The summed E-state index contributed by atoms with van der Waals surface area (Å²) in [5.74, 6) is 1.02. The van der Waals surface area contributed by atoms with E-state index in [9.17, 15) is 0 Å². The summed E-state index contributed by atoms with van der Waals surface area (Å²) in [7, 11) is 0. The zero-order valence-corrected chi connectivity index (χ0v) is 11.7. The van der Waals surface area contributed by atoms with Crippen molar-refractivity contribution in [3.63, 3.8) is 0 Å². The molecule has 1 saturated heterocycles. The van der Waals surface area contributed by atoms with Crippen LogP contribution in [0.25, 0.3) is 0 Å². The van der Waals surface area contributed by atoms with E-state index in [1.807, 2.05) is 0 Å². The highest BCUT2D eigenvalue weighted by Gasteiger charge is 2.20. The lowest BCUT2D eigenvalue weighted by Crippen LogP contribution is -2.17. The summed E-state index contributed by atoms with van der Waals surface area (Å²) in [6, 6.07) is 1.65. The standard InChI is InChI=1S/C12H16Cl2N2O2/c1-2-4-15-11-9(13)6-10(14)12(16-11)18-8-3-5-17-7-8/h6,8H,2-5,7H2,1H3,(H,15,16). The Kier molecular flexibility index (Phi) is 4.92. The summed E-state index contributed by atoms with van der Waals surface area (Å²) in [6.07, 6.45) is 1.88. The van der Waals surface area contributed by atoms with Crippen LogP contribution in [0.15, 0.2) is 6.07 Å². The van der Waals surface area contributed by atoms with Crippen molar-refractivity contribution in [3.05, 3.63) is 16.1 Å². The first-order valence-corrected chi connectivity index (χ1v) is 6.80. The summed E-state index contributed by atoms with van der Waals surface area (Å²) in [4.78, 5) is 4.32. The predicted molar refractivity (Wildman–Crippen MR) is 72.9 cm³/mol. The average molecular weight is 291 g/mol. The van der Waals surface area contributed by atoms with E-state index in [0.717, 1.165) is 26.0 Å². The van der Waals surface area contributed by atoms with E-state index in [1.165, 1.54) is 0 Å². The van der Waals surface area contributed by atoms with Crippen molar-refractivity contribution in [1.82, 2.24) is 4.98 Å². The van der Waals surface area contributed by atoms with Crippen molar-refractivity contribution in [2.75, 3.05) is 25.1 Å². The van der Waals surface area contributed by atoms with Crippen LogP contribution in [0.3, 0.4) is 0 Å². The zero-order valence-electron chi connectivity index (χ0n) is 10.2. The predicted octanol–water partition coefficient (Wildman–Crippen LogP) is 3.38. The number of nitrogens with one attached hydrogen (secondary N) is 1. The molecule has 1 aromatic rings. The largest absolute Gasteiger partial charge is 0.471 e. The van der Waals surface area contributed by atoms with Gasteiger partial charge in [0.25, 0.3) is 0 Å². The summed E-state index contributed by atoms with van der Waals surface area (Å²) in [5, 5.41) is 4.07. The fourth-order valence-electron chi connectivity index (χ4n) is 1.66. The number of hydrogen-bond acceptors (Lipinski definition) is 4. The number of ether oxygens (including phenoxy) is 2. The van der Waals surface area contributed by atoms with Gasteiger partial charge in [0.2, 0.25) is 5.88 Å². The fourth-order valence-corrected chi connectivity index (χ4v) is 2.13. The molecule has 1 fully saturated rings. The van der Waals surface area contributed by atoms with Crippen LogP contribution in [0.5, 0.6) is 5.88 Å². The summed E-state index contributed by atoms with van der Waals surface area (Å²) >= 11 is 12.1. The average Bonchev–Trinajstić information content (AvgIpc) is 2.84. The van der Waals surface area contributed by atoms with Crippen molar-refractivity contribution < 1.29 is 9.47 Å². The molecule has 0 aromatic carbocycles. The molecule has 2 heterocycles. The molecule has 1 aromatic heterocycles. The Labute approximate surface area is 117 Å². The number of hydrogen-bond donors (Lipinski definition) is 1. The minimum absolute atomic E-state index is 0.0233. The van der Waals surface area contributed by atoms with Gasteiger partial charge in [-0.05, 0) is 12.5 Å². The number of pyridine rings is 1. The maximum Gasteiger partial charge on any atom is 0.235 e. The second kappa shape index (κ2) is 6.45. The molecule has 1 N–H and O–H groups in total. The number of nitrogens with zero attached hydrogens (tertiary/aromatic N) is 1. The Morgan fingerprint density at radius 1 is 1.50 bits per heavy atom. The maximum absolute atomic E-state index is 6.07. The second-order valence-corrected chi connectivity index (χ2v) is 4.95. The molecule has 0 radical (unpaired) electrons. The van der Waals surface area contributed by atoms with E-state index in [4.69, 9.17) is 32.7 Å². The number of aromatic nitrogens is 1. The Balaban J connectivity index is 2.12. The first-order valence-electron chi connectivity index (χ1n) is 6.05. The minimum Gasteiger partial charge on any atom is -0.471 e. The van der Waals surface area contributed by atoms with E-state index < -0.39 is 0 Å². The number of rotatable bonds is 5. The smallest absolute Gasteiger partial charge is 0.235 e. The van der Waals surface area contributed by atoms with Crippen molar-refractivity contribution in [2.24, 2.45) is 0 Å². The lowest BCUT2D eigenvalue weighted by atomic mass is 10.3. The quantitative estimate of drug-likeness (QED) is 0.903. The van der Waals surface area contributed by atoms with Crippen LogP contribution in [-0.2, 0) is 4.74 Å². The lowest BCUT2D eigenvalue weighted by Gasteiger charge is -2.14. The van der Waals surface area contributed by atoms with Gasteiger partial charge in [0.05, 0.1) is 18.2 Å². The van der Waals surface area contributed by atoms with E-state index in [2.05, 4.69) is 17.2 Å². The molecule has 0 bridgehead atoms. The molecule has 4 nitrogen and oxygen atoms in total. The molecule has 0 amide bonds.